The van der Waals surface area contributed by atoms with E-state index in [4.69, 9.17) is 4.74 Å². The fraction of sp³-hybridized carbons (Fsp3) is 0.0667. The molecule has 2 heteroatoms. The second kappa shape index (κ2) is 8.33. The van der Waals surface area contributed by atoms with Crippen LogP contribution in [0.25, 0.3) is 21.9 Å². The Bertz CT molecular complexity index is 1320. The molecule has 0 aliphatic carbocycles. The lowest BCUT2D eigenvalue weighted by Gasteiger charge is -2.32. The molecule has 5 aromatic rings. The number of rotatable bonds is 5. The van der Waals surface area contributed by atoms with Crippen LogP contribution in [0.2, 0.25) is 0 Å². The van der Waals surface area contributed by atoms with Gasteiger partial charge in [-0.3, -0.25) is 0 Å². The van der Waals surface area contributed by atoms with E-state index in [0.29, 0.717) is 0 Å². The number of aliphatic hydroxyl groups is 1. The first-order chi connectivity index (χ1) is 15.7. The van der Waals surface area contributed by atoms with E-state index < -0.39 is 5.60 Å². The highest BCUT2D eigenvalue weighted by Crippen LogP contribution is 2.44. The first-order valence-corrected chi connectivity index (χ1v) is 10.7. The molecule has 0 saturated carbocycles. The topological polar surface area (TPSA) is 29.5 Å². The lowest BCUT2D eigenvalue weighted by atomic mass is 9.77. The summed E-state index contributed by atoms with van der Waals surface area (Å²) < 4.78 is 5.81. The van der Waals surface area contributed by atoms with Gasteiger partial charge in [0.15, 0.2) is 0 Å². The van der Waals surface area contributed by atoms with Crippen LogP contribution in [0.3, 0.4) is 0 Å². The minimum atomic E-state index is -1.32. The van der Waals surface area contributed by atoms with Gasteiger partial charge in [-0.25, -0.2) is 0 Å². The Kier molecular flexibility index (Phi) is 5.22. The molecular weight excluding hydrogens is 392 g/mol. The van der Waals surface area contributed by atoms with Crippen LogP contribution in [0.5, 0.6) is 5.75 Å². The van der Waals surface area contributed by atoms with Gasteiger partial charge in [-0.1, -0.05) is 109 Å². The molecule has 0 aromatic heterocycles. The molecule has 0 atom stereocenters. The highest BCUT2D eigenvalue weighted by molar-refractivity contribution is 5.91. The zero-order chi connectivity index (χ0) is 22.0. The second-order valence-corrected chi connectivity index (χ2v) is 7.89. The Labute approximate surface area is 188 Å². The van der Waals surface area contributed by atoms with Crippen LogP contribution in [-0.2, 0) is 5.60 Å². The summed E-state index contributed by atoms with van der Waals surface area (Å²) in [6.07, 6.45) is 0. The first kappa shape index (κ1) is 20.0. The van der Waals surface area contributed by atoms with Gasteiger partial charge in [-0.2, -0.15) is 0 Å². The van der Waals surface area contributed by atoms with E-state index in [1.165, 1.54) is 0 Å². The molecule has 0 saturated heterocycles. The Morgan fingerprint density at radius 2 is 1.06 bits per heavy atom. The van der Waals surface area contributed by atoms with Crippen molar-refractivity contribution in [1.82, 2.24) is 0 Å². The number of fused-ring (bicyclic) bond motifs is 1. The number of benzene rings is 5. The van der Waals surface area contributed by atoms with Crippen LogP contribution in [0, 0.1) is 0 Å². The molecule has 0 bridgehead atoms. The number of methoxy groups -OCH3 is 1. The minimum absolute atomic E-state index is 0.777. The highest BCUT2D eigenvalue weighted by atomic mass is 16.5. The van der Waals surface area contributed by atoms with Crippen molar-refractivity contribution >= 4 is 10.8 Å². The van der Waals surface area contributed by atoms with Crippen LogP contribution in [-0.4, -0.2) is 12.2 Å². The van der Waals surface area contributed by atoms with Crippen molar-refractivity contribution in [2.75, 3.05) is 7.11 Å². The Balaban J connectivity index is 1.82. The molecule has 0 spiro atoms. The molecule has 0 aliphatic rings. The Morgan fingerprint density at radius 3 is 1.66 bits per heavy atom. The van der Waals surface area contributed by atoms with Crippen LogP contribution in [0.1, 0.15) is 16.7 Å². The molecule has 156 valence electrons. The quantitative estimate of drug-likeness (QED) is 0.319. The molecule has 0 fully saturated rings. The first-order valence-electron chi connectivity index (χ1n) is 10.7. The van der Waals surface area contributed by atoms with E-state index in [0.717, 1.165) is 44.3 Å². The molecule has 2 nitrogen and oxygen atoms in total. The summed E-state index contributed by atoms with van der Waals surface area (Å²) in [5.41, 5.74) is 3.01. The van der Waals surface area contributed by atoms with Gasteiger partial charge in [0, 0.05) is 11.1 Å². The van der Waals surface area contributed by atoms with Crippen molar-refractivity contribution in [1.29, 1.82) is 0 Å². The highest BCUT2D eigenvalue weighted by Gasteiger charge is 2.36. The van der Waals surface area contributed by atoms with Crippen molar-refractivity contribution in [3.63, 3.8) is 0 Å². The van der Waals surface area contributed by atoms with Crippen molar-refractivity contribution in [3.8, 4) is 16.9 Å². The van der Waals surface area contributed by atoms with Gasteiger partial charge in [0.05, 0.1) is 7.11 Å². The molecular formula is C30H24O2. The summed E-state index contributed by atoms with van der Waals surface area (Å²) in [7, 11) is 1.69. The van der Waals surface area contributed by atoms with Crippen LogP contribution < -0.4 is 4.74 Å². The SMILES string of the molecule is COc1cc2ccccc2cc1-c1ccccc1C(O)(c1ccccc1)c1ccccc1. The van der Waals surface area contributed by atoms with E-state index in [9.17, 15) is 5.11 Å². The van der Waals surface area contributed by atoms with Gasteiger partial charge in [-0.15, -0.1) is 0 Å². The molecule has 0 heterocycles. The molecule has 0 aliphatic heterocycles. The number of hydrogen-bond acceptors (Lipinski definition) is 2. The lowest BCUT2D eigenvalue weighted by molar-refractivity contribution is 0.126. The summed E-state index contributed by atoms with van der Waals surface area (Å²) in [6, 6.07) is 40.2. The van der Waals surface area contributed by atoms with Crippen molar-refractivity contribution in [2.24, 2.45) is 0 Å². The maximum Gasteiger partial charge on any atom is 0.141 e. The third-order valence-electron chi connectivity index (χ3n) is 6.06. The molecule has 1 N–H and O–H groups in total. The largest absolute Gasteiger partial charge is 0.496 e. The third kappa shape index (κ3) is 3.35. The number of ether oxygens (including phenoxy) is 1. The zero-order valence-electron chi connectivity index (χ0n) is 17.9. The van der Waals surface area contributed by atoms with Gasteiger partial charge in [0.1, 0.15) is 11.4 Å². The molecule has 5 aromatic carbocycles. The van der Waals surface area contributed by atoms with E-state index >= 15 is 0 Å². The smallest absolute Gasteiger partial charge is 0.141 e. The van der Waals surface area contributed by atoms with E-state index in [-0.39, 0.29) is 0 Å². The Morgan fingerprint density at radius 1 is 0.562 bits per heavy atom. The average Bonchev–Trinajstić information content (AvgIpc) is 2.88. The fourth-order valence-electron chi connectivity index (χ4n) is 4.47. The standard InChI is InChI=1S/C30H24O2/c1-32-29-21-23-13-9-8-12-22(23)20-27(29)26-18-10-11-19-28(26)30(31,24-14-4-2-5-15-24)25-16-6-3-7-17-25/h2-21,31H,1H3. The summed E-state index contributed by atoms with van der Waals surface area (Å²) in [4.78, 5) is 0. The summed E-state index contributed by atoms with van der Waals surface area (Å²) >= 11 is 0. The maximum absolute atomic E-state index is 12.4. The van der Waals surface area contributed by atoms with Crippen molar-refractivity contribution in [2.45, 2.75) is 5.60 Å². The minimum Gasteiger partial charge on any atom is -0.496 e. The lowest BCUT2D eigenvalue weighted by Crippen LogP contribution is -2.29. The van der Waals surface area contributed by atoms with E-state index in [2.05, 4.69) is 30.3 Å². The number of hydrogen-bond donors (Lipinski definition) is 1. The molecule has 0 radical (unpaired) electrons. The van der Waals surface area contributed by atoms with Crippen LogP contribution in [0.15, 0.2) is 121 Å². The molecule has 0 unspecified atom stereocenters. The monoisotopic (exact) mass is 416 g/mol. The zero-order valence-corrected chi connectivity index (χ0v) is 17.9. The van der Waals surface area contributed by atoms with Gasteiger partial charge in [0.2, 0.25) is 0 Å². The molecule has 5 rings (SSSR count). The van der Waals surface area contributed by atoms with E-state index in [1.54, 1.807) is 7.11 Å². The fourth-order valence-corrected chi connectivity index (χ4v) is 4.47. The van der Waals surface area contributed by atoms with Crippen molar-refractivity contribution in [3.05, 3.63) is 138 Å². The third-order valence-corrected chi connectivity index (χ3v) is 6.06. The van der Waals surface area contributed by atoms with Gasteiger partial charge >= 0.3 is 0 Å². The predicted octanol–water partition coefficient (Wildman–Crippen LogP) is 6.80. The molecule has 32 heavy (non-hydrogen) atoms. The van der Waals surface area contributed by atoms with Crippen LogP contribution in [0.4, 0.5) is 0 Å². The van der Waals surface area contributed by atoms with Crippen molar-refractivity contribution < 1.29 is 9.84 Å². The Hall–Kier alpha value is -3.88. The molecule has 0 amide bonds. The van der Waals surface area contributed by atoms with Gasteiger partial charge in [-0.05, 0) is 39.6 Å². The summed E-state index contributed by atoms with van der Waals surface area (Å²) in [6.45, 7) is 0. The predicted molar refractivity (Wildman–Crippen MR) is 131 cm³/mol. The summed E-state index contributed by atoms with van der Waals surface area (Å²) in [5.74, 6) is 0.777. The maximum atomic E-state index is 12.4. The van der Waals surface area contributed by atoms with E-state index in [1.807, 2.05) is 91.0 Å². The normalized spacial score (nSPS) is 11.4. The second-order valence-electron chi connectivity index (χ2n) is 7.89. The van der Waals surface area contributed by atoms with Gasteiger partial charge in [0.25, 0.3) is 0 Å². The van der Waals surface area contributed by atoms with Crippen LogP contribution >= 0.6 is 0 Å². The summed E-state index contributed by atoms with van der Waals surface area (Å²) in [5, 5.41) is 14.6. The average molecular weight is 417 g/mol. The van der Waals surface area contributed by atoms with Gasteiger partial charge < -0.3 is 9.84 Å².